The predicted octanol–water partition coefficient (Wildman–Crippen LogP) is 5.39. The number of carbonyl (C=O) groups excluding carboxylic acids is 1. The van der Waals surface area contributed by atoms with Gasteiger partial charge in [-0.1, -0.05) is 42.5 Å². The number of carbonyl (C=O) groups is 2. The molecular formula is C30H25N2NaO5S. The van der Waals surface area contributed by atoms with Crippen molar-refractivity contribution in [1.29, 1.82) is 0 Å². The Kier molecular flexibility index (Phi) is 9.84. The van der Waals surface area contributed by atoms with Crippen LogP contribution in [0.2, 0.25) is 0 Å². The van der Waals surface area contributed by atoms with Crippen LogP contribution in [0.3, 0.4) is 0 Å². The number of hydrogen-bond acceptors (Lipinski definition) is 6. The number of aliphatic carboxylic acids is 1. The molecule has 0 aromatic heterocycles. The molecule has 1 amide bonds. The molecule has 4 aromatic rings. The number of anilines is 1. The zero-order chi connectivity index (χ0) is 27.8. The molecule has 1 aliphatic rings. The number of thioether (sulfide) groups is 1. The SMILES string of the molecule is CC(=O)O.COc1ccccc1COc1cc2ccccc2cc1C=C1SC(Nc2cc[c]([Na])cc2)=NC1=O. The first-order valence-electron chi connectivity index (χ1n) is 12.2. The van der Waals surface area contributed by atoms with Crippen LogP contribution in [0.15, 0.2) is 94.8 Å². The number of ether oxygens (including phenoxy) is 2. The van der Waals surface area contributed by atoms with E-state index in [1.165, 1.54) is 14.6 Å². The monoisotopic (exact) mass is 548 g/mol. The second-order valence-electron chi connectivity index (χ2n) is 8.68. The summed E-state index contributed by atoms with van der Waals surface area (Å²) in [6.07, 6.45) is 1.86. The van der Waals surface area contributed by atoms with Gasteiger partial charge in [-0.05, 0) is 11.5 Å². The van der Waals surface area contributed by atoms with Crippen molar-refractivity contribution >= 4 is 82.1 Å². The maximum absolute atomic E-state index is 12.7. The molecule has 0 unspecified atom stereocenters. The van der Waals surface area contributed by atoms with E-state index in [0.717, 1.165) is 68.2 Å². The number of carboxylic acid groups (broad SMARTS) is 1. The summed E-state index contributed by atoms with van der Waals surface area (Å²) in [7, 11) is 1.65. The van der Waals surface area contributed by atoms with E-state index in [0.29, 0.717) is 22.4 Å². The van der Waals surface area contributed by atoms with E-state index in [1.807, 2.05) is 72.8 Å². The Morgan fingerprint density at radius 2 is 1.64 bits per heavy atom. The molecule has 1 aliphatic heterocycles. The molecule has 0 fully saturated rings. The predicted molar refractivity (Wildman–Crippen MR) is 158 cm³/mol. The normalized spacial score (nSPS) is 13.5. The summed E-state index contributed by atoms with van der Waals surface area (Å²) in [4.78, 5) is 26.5. The van der Waals surface area contributed by atoms with Crippen molar-refractivity contribution < 1.29 is 24.2 Å². The van der Waals surface area contributed by atoms with Gasteiger partial charge in [-0.3, -0.25) is 4.79 Å². The van der Waals surface area contributed by atoms with Crippen LogP contribution < -0.4 is 17.6 Å². The van der Waals surface area contributed by atoms with Crippen molar-refractivity contribution in [3.05, 3.63) is 101 Å². The molecule has 0 spiro atoms. The first-order chi connectivity index (χ1) is 18.8. The third-order valence-electron chi connectivity index (χ3n) is 5.66. The summed E-state index contributed by atoms with van der Waals surface area (Å²) >= 11 is 2.33. The minimum atomic E-state index is -0.833. The van der Waals surface area contributed by atoms with Crippen molar-refractivity contribution in [2.75, 3.05) is 12.4 Å². The van der Waals surface area contributed by atoms with Crippen molar-refractivity contribution in [2.24, 2.45) is 4.99 Å². The fourth-order valence-corrected chi connectivity index (χ4v) is 4.97. The van der Waals surface area contributed by atoms with Gasteiger partial charge >= 0.3 is 143 Å². The summed E-state index contributed by atoms with van der Waals surface area (Å²) in [5.41, 5.74) is 2.69. The molecule has 4 aromatic carbocycles. The number of amidine groups is 1. The third kappa shape index (κ3) is 7.97. The number of carboxylic acids is 1. The van der Waals surface area contributed by atoms with Crippen LogP contribution in [0.5, 0.6) is 11.5 Å². The molecule has 9 heteroatoms. The number of nitrogens with zero attached hydrogens (tertiary/aromatic N) is 1. The number of aliphatic imine (C=N–C) groups is 1. The van der Waals surface area contributed by atoms with Gasteiger partial charge < -0.3 is 9.84 Å². The number of methoxy groups -OCH3 is 1. The number of hydrogen-bond donors (Lipinski definition) is 2. The molecule has 192 valence electrons. The quantitative estimate of drug-likeness (QED) is 0.246. The van der Waals surface area contributed by atoms with E-state index >= 15 is 0 Å². The van der Waals surface area contributed by atoms with Crippen LogP contribution in [0.4, 0.5) is 5.69 Å². The van der Waals surface area contributed by atoms with Crippen LogP contribution in [0.1, 0.15) is 18.1 Å². The van der Waals surface area contributed by atoms with E-state index in [1.54, 1.807) is 7.11 Å². The van der Waals surface area contributed by atoms with E-state index in [4.69, 9.17) is 19.4 Å². The Morgan fingerprint density at radius 1 is 1.00 bits per heavy atom. The first kappa shape index (κ1) is 28.4. The Labute approximate surface area is 248 Å². The van der Waals surface area contributed by atoms with Gasteiger partial charge in [0.15, 0.2) is 0 Å². The van der Waals surface area contributed by atoms with Gasteiger partial charge in [-0.2, -0.15) is 0 Å². The van der Waals surface area contributed by atoms with Gasteiger partial charge in [0.2, 0.25) is 0 Å². The van der Waals surface area contributed by atoms with Crippen LogP contribution in [-0.2, 0) is 16.2 Å². The van der Waals surface area contributed by atoms with Gasteiger partial charge in [0, 0.05) is 12.5 Å². The number of rotatable bonds is 6. The van der Waals surface area contributed by atoms with E-state index in [2.05, 4.69) is 28.5 Å². The standard InChI is InChI=1S/C28H21N2O3S.C2H4O2.Na/c1-32-24-14-8-7-11-21(24)18-33-25-16-20-10-6-5-9-19(20)15-22(25)17-26-27(31)30-28(34-26)29-23-12-3-2-4-13-23;1-2(3)4;/h3-17H,18H2,1H3,(H,29,30,31);1H3,(H,3,4);. The molecule has 7 nitrogen and oxygen atoms in total. The Hall–Kier alpha value is -3.56. The Morgan fingerprint density at radius 3 is 2.33 bits per heavy atom. The molecule has 2 N–H and O–H groups in total. The summed E-state index contributed by atoms with van der Waals surface area (Å²) < 4.78 is 13.0. The average molecular weight is 549 g/mol. The van der Waals surface area contributed by atoms with Gasteiger partial charge in [0.25, 0.3) is 5.97 Å². The zero-order valence-electron chi connectivity index (χ0n) is 21.8. The summed E-state index contributed by atoms with van der Waals surface area (Å²) in [6.45, 7) is 1.43. The first-order valence-corrected chi connectivity index (χ1v) is 14.0. The topological polar surface area (TPSA) is 97.2 Å². The van der Waals surface area contributed by atoms with E-state index < -0.39 is 5.97 Å². The second-order valence-corrected chi connectivity index (χ2v) is 10.9. The van der Waals surface area contributed by atoms with Crippen molar-refractivity contribution in [1.82, 2.24) is 0 Å². The van der Waals surface area contributed by atoms with Crippen molar-refractivity contribution in [2.45, 2.75) is 13.5 Å². The molecule has 0 saturated carbocycles. The number of fused-ring (bicyclic) bond motifs is 1. The third-order valence-corrected chi connectivity index (χ3v) is 7.23. The summed E-state index contributed by atoms with van der Waals surface area (Å²) in [6, 6.07) is 28.1. The van der Waals surface area contributed by atoms with Gasteiger partial charge in [-0.25, -0.2) is 0 Å². The molecule has 39 heavy (non-hydrogen) atoms. The summed E-state index contributed by atoms with van der Waals surface area (Å²) in [5, 5.41) is 13.4. The van der Waals surface area contributed by atoms with Crippen LogP contribution in [0, 0.1) is 0 Å². The van der Waals surface area contributed by atoms with E-state index in [9.17, 15) is 4.79 Å². The van der Waals surface area contributed by atoms with Gasteiger partial charge in [-0.15, -0.1) is 0 Å². The van der Waals surface area contributed by atoms with Gasteiger partial charge in [0.05, 0.1) is 7.11 Å². The molecule has 0 radical (unpaired) electrons. The fraction of sp³-hybridized carbons (Fsp3) is 0.100. The zero-order valence-corrected chi connectivity index (χ0v) is 24.6. The minimum absolute atomic E-state index is 0.263. The van der Waals surface area contributed by atoms with Crippen molar-refractivity contribution in [3.63, 3.8) is 0 Å². The number of amides is 1. The van der Waals surface area contributed by atoms with Crippen LogP contribution in [0.25, 0.3) is 16.8 Å². The maximum atomic E-state index is 12.7. The fourth-order valence-electron chi connectivity index (χ4n) is 3.82. The molecule has 0 bridgehead atoms. The van der Waals surface area contributed by atoms with Crippen molar-refractivity contribution in [3.8, 4) is 11.5 Å². The molecular weight excluding hydrogens is 523 g/mol. The molecule has 0 saturated heterocycles. The van der Waals surface area contributed by atoms with Crippen LogP contribution in [-0.4, -0.2) is 57.2 Å². The molecule has 1 heterocycles. The second kappa shape index (κ2) is 13.5. The number of nitrogens with one attached hydrogen (secondary N) is 1. The molecule has 0 atom stereocenters. The average Bonchev–Trinajstić information content (AvgIpc) is 3.26. The number of para-hydroxylation sites is 1. The summed E-state index contributed by atoms with van der Waals surface area (Å²) in [5.74, 6) is 0.373. The number of benzene rings is 4. The van der Waals surface area contributed by atoms with E-state index in [-0.39, 0.29) is 5.91 Å². The Balaban J connectivity index is 0.000000826. The molecule has 5 rings (SSSR count). The Bertz CT molecular complexity index is 1560. The van der Waals surface area contributed by atoms with Crippen LogP contribution >= 0.6 is 11.8 Å². The molecule has 0 aliphatic carbocycles. The van der Waals surface area contributed by atoms with Gasteiger partial charge in [0.1, 0.15) is 12.4 Å².